The van der Waals surface area contributed by atoms with Crippen LogP contribution in [0.2, 0.25) is 0 Å². The van der Waals surface area contributed by atoms with Crippen LogP contribution in [-0.4, -0.2) is 37.2 Å². The second-order valence-electron chi connectivity index (χ2n) is 22.0. The summed E-state index contributed by atoms with van der Waals surface area (Å²) < 4.78 is 16.8. The molecule has 1 atom stereocenters. The fourth-order valence-electron chi connectivity index (χ4n) is 9.28. The van der Waals surface area contributed by atoms with Gasteiger partial charge in [0.15, 0.2) is 6.10 Å². The Morgan fingerprint density at radius 1 is 0.266 bits per heavy atom. The molecule has 0 heterocycles. The smallest absolute Gasteiger partial charge is 0.306 e. The predicted molar refractivity (Wildman–Crippen MR) is 343 cm³/mol. The first kappa shape index (κ1) is 75.1. The summed E-state index contributed by atoms with van der Waals surface area (Å²) in [5, 5.41) is 0. The molecule has 0 rings (SSSR count). The van der Waals surface area contributed by atoms with Gasteiger partial charge in [-0.1, -0.05) is 297 Å². The van der Waals surface area contributed by atoms with Gasteiger partial charge in [0, 0.05) is 19.3 Å². The number of carbonyl (C=O) groups is 3. The van der Waals surface area contributed by atoms with Crippen molar-refractivity contribution in [2.75, 3.05) is 13.2 Å². The van der Waals surface area contributed by atoms with Crippen LogP contribution in [0.25, 0.3) is 0 Å². The molecule has 0 aliphatic heterocycles. The van der Waals surface area contributed by atoms with E-state index in [0.29, 0.717) is 19.3 Å². The van der Waals surface area contributed by atoms with Gasteiger partial charge >= 0.3 is 17.9 Å². The van der Waals surface area contributed by atoms with Crippen LogP contribution in [0.3, 0.4) is 0 Å². The van der Waals surface area contributed by atoms with Crippen LogP contribution >= 0.6 is 0 Å². The highest BCUT2D eigenvalue weighted by Crippen LogP contribution is 2.16. The number of hydrogen-bond donors (Lipinski definition) is 0. The first-order valence-corrected chi connectivity index (χ1v) is 33.4. The van der Waals surface area contributed by atoms with Crippen molar-refractivity contribution in [1.82, 2.24) is 0 Å². The molecular formula is C73H124O6. The van der Waals surface area contributed by atoms with Crippen LogP contribution in [0, 0.1) is 0 Å². The van der Waals surface area contributed by atoms with Gasteiger partial charge in [-0.3, -0.25) is 14.4 Å². The fraction of sp³-hybridized carbons (Fsp3) is 0.712. The first-order valence-electron chi connectivity index (χ1n) is 33.4. The minimum absolute atomic E-state index is 0.0816. The maximum absolute atomic E-state index is 12.9. The SMILES string of the molecule is CC/C=C\C/C=C\C/C=C\C/C=C\C/C=C\C/C=C\C/C=C\C/C=C\CCCCCCCCC(=O)OCC(COC(=O)CCCCCCCCC)OC(=O)CCCCCCCCCCCCC/C=C\CCCCCCCCCC. The standard InChI is InChI=1S/C73H124O6/c1-4-7-10-13-16-18-20-22-24-26-28-30-32-33-34-35-36-37-38-39-41-42-44-46-48-50-52-54-57-60-63-66-72(75)78-69-70(68-77-71(74)65-62-59-56-15-12-9-6-3)79-73(76)67-64-61-58-55-53-51-49-47-45-43-40-31-29-27-25-23-21-19-17-14-11-8-5-2/h7,10,16,18,22,24,27-30,33-34,36-37,39,41,44,46,70H,4-6,8-9,11-15,17,19-21,23,25-26,31-32,35,38,40,42-43,45,47-69H2,1-3H3/b10-7-,18-16-,24-22-,29-27-,30-28-,34-33-,37-36-,41-39-,46-44-. The van der Waals surface area contributed by atoms with Crippen LogP contribution in [0.4, 0.5) is 0 Å². The Kier molecular flexibility index (Phi) is 63.3. The highest BCUT2D eigenvalue weighted by Gasteiger charge is 2.19. The molecule has 0 radical (unpaired) electrons. The number of unbranched alkanes of at least 4 members (excludes halogenated alkanes) is 31. The molecule has 452 valence electrons. The zero-order valence-corrected chi connectivity index (χ0v) is 51.9. The molecule has 0 aliphatic carbocycles. The summed E-state index contributed by atoms with van der Waals surface area (Å²) in [6, 6.07) is 0. The third-order valence-electron chi connectivity index (χ3n) is 14.3. The highest BCUT2D eigenvalue weighted by molar-refractivity contribution is 5.71. The van der Waals surface area contributed by atoms with E-state index >= 15 is 0 Å². The lowest BCUT2D eigenvalue weighted by molar-refractivity contribution is -0.167. The highest BCUT2D eigenvalue weighted by atomic mass is 16.6. The van der Waals surface area contributed by atoms with Crippen molar-refractivity contribution in [2.24, 2.45) is 0 Å². The summed E-state index contributed by atoms with van der Waals surface area (Å²) in [5.41, 5.74) is 0. The van der Waals surface area contributed by atoms with Crippen molar-refractivity contribution >= 4 is 17.9 Å². The molecule has 6 heteroatoms. The third kappa shape index (κ3) is 64.8. The summed E-state index contributed by atoms with van der Waals surface area (Å²) >= 11 is 0. The van der Waals surface area contributed by atoms with Crippen LogP contribution in [0.1, 0.15) is 316 Å². The van der Waals surface area contributed by atoms with E-state index in [4.69, 9.17) is 14.2 Å². The number of carbonyl (C=O) groups excluding carboxylic acids is 3. The average molecular weight is 1100 g/mol. The zero-order chi connectivity index (χ0) is 57.1. The average Bonchev–Trinajstić information content (AvgIpc) is 3.45. The molecule has 0 amide bonds. The van der Waals surface area contributed by atoms with E-state index < -0.39 is 6.10 Å². The van der Waals surface area contributed by atoms with E-state index in [0.717, 1.165) is 122 Å². The van der Waals surface area contributed by atoms with Crippen molar-refractivity contribution in [3.05, 3.63) is 109 Å². The number of hydrogen-bond acceptors (Lipinski definition) is 6. The Balaban J connectivity index is 4.17. The topological polar surface area (TPSA) is 78.9 Å². The number of esters is 3. The van der Waals surface area contributed by atoms with Crippen LogP contribution in [-0.2, 0) is 28.6 Å². The lowest BCUT2D eigenvalue weighted by Gasteiger charge is -2.18. The largest absolute Gasteiger partial charge is 0.462 e. The summed E-state index contributed by atoms with van der Waals surface area (Å²) in [4.78, 5) is 38.1. The van der Waals surface area contributed by atoms with Gasteiger partial charge in [-0.2, -0.15) is 0 Å². The van der Waals surface area contributed by atoms with E-state index in [2.05, 4.69) is 130 Å². The van der Waals surface area contributed by atoms with Gasteiger partial charge in [0.2, 0.25) is 0 Å². The molecule has 1 unspecified atom stereocenters. The van der Waals surface area contributed by atoms with Gasteiger partial charge in [0.05, 0.1) is 0 Å². The molecule has 0 fully saturated rings. The zero-order valence-electron chi connectivity index (χ0n) is 51.9. The normalized spacial score (nSPS) is 12.8. The minimum atomic E-state index is -0.783. The second kappa shape index (κ2) is 66.6. The Morgan fingerprint density at radius 2 is 0.494 bits per heavy atom. The fourth-order valence-corrected chi connectivity index (χ4v) is 9.28. The van der Waals surface area contributed by atoms with Gasteiger partial charge in [0.1, 0.15) is 13.2 Å². The lowest BCUT2D eigenvalue weighted by Crippen LogP contribution is -2.30. The first-order chi connectivity index (χ1) is 39.0. The van der Waals surface area contributed by atoms with Gasteiger partial charge in [-0.15, -0.1) is 0 Å². The minimum Gasteiger partial charge on any atom is -0.462 e. The molecule has 0 aromatic rings. The molecule has 0 aromatic heterocycles. The van der Waals surface area contributed by atoms with E-state index in [1.165, 1.54) is 154 Å². The number of allylic oxidation sites excluding steroid dienone is 18. The van der Waals surface area contributed by atoms with E-state index in [-0.39, 0.29) is 31.1 Å². The Morgan fingerprint density at radius 3 is 0.785 bits per heavy atom. The molecule has 0 saturated carbocycles. The van der Waals surface area contributed by atoms with Crippen LogP contribution in [0.5, 0.6) is 0 Å². The van der Waals surface area contributed by atoms with E-state index in [1.807, 2.05) is 0 Å². The van der Waals surface area contributed by atoms with Gasteiger partial charge in [0.25, 0.3) is 0 Å². The van der Waals surface area contributed by atoms with Gasteiger partial charge < -0.3 is 14.2 Å². The molecule has 0 saturated heterocycles. The molecule has 0 N–H and O–H groups in total. The third-order valence-corrected chi connectivity index (χ3v) is 14.3. The quantitative estimate of drug-likeness (QED) is 0.0261. The molecule has 0 spiro atoms. The van der Waals surface area contributed by atoms with E-state index in [9.17, 15) is 14.4 Å². The maximum Gasteiger partial charge on any atom is 0.306 e. The van der Waals surface area contributed by atoms with Crippen molar-refractivity contribution in [2.45, 2.75) is 322 Å². The maximum atomic E-state index is 12.9. The Labute approximate surface area is 489 Å². The van der Waals surface area contributed by atoms with Crippen molar-refractivity contribution < 1.29 is 28.6 Å². The van der Waals surface area contributed by atoms with Gasteiger partial charge in [-0.05, 0) is 109 Å². The van der Waals surface area contributed by atoms with Gasteiger partial charge in [-0.25, -0.2) is 0 Å². The molecule has 79 heavy (non-hydrogen) atoms. The summed E-state index contributed by atoms with van der Waals surface area (Å²) in [6.07, 6.45) is 91.3. The van der Waals surface area contributed by atoms with Crippen LogP contribution < -0.4 is 0 Å². The molecular weight excluding hydrogens is 973 g/mol. The molecule has 0 aromatic carbocycles. The second-order valence-corrected chi connectivity index (χ2v) is 22.0. The number of rotatable bonds is 60. The monoisotopic (exact) mass is 1100 g/mol. The lowest BCUT2D eigenvalue weighted by atomic mass is 10.0. The number of ether oxygens (including phenoxy) is 3. The molecule has 0 aliphatic rings. The Hall–Kier alpha value is -3.93. The Bertz CT molecular complexity index is 1590. The molecule has 6 nitrogen and oxygen atoms in total. The summed E-state index contributed by atoms with van der Waals surface area (Å²) in [5.74, 6) is -0.896. The van der Waals surface area contributed by atoms with E-state index in [1.54, 1.807) is 0 Å². The molecule has 0 bridgehead atoms. The van der Waals surface area contributed by atoms with Crippen LogP contribution in [0.15, 0.2) is 109 Å². The summed E-state index contributed by atoms with van der Waals surface area (Å²) in [7, 11) is 0. The predicted octanol–water partition coefficient (Wildman–Crippen LogP) is 23.0. The van der Waals surface area contributed by atoms with Crippen molar-refractivity contribution in [3.8, 4) is 0 Å². The van der Waals surface area contributed by atoms with Crippen molar-refractivity contribution in [3.63, 3.8) is 0 Å². The summed E-state index contributed by atoms with van der Waals surface area (Å²) in [6.45, 7) is 6.49. The van der Waals surface area contributed by atoms with Crippen molar-refractivity contribution in [1.29, 1.82) is 0 Å².